The number of fused-ring (bicyclic) bond motifs is 1. The van der Waals surface area contributed by atoms with Crippen LogP contribution in [0.15, 0.2) is 12.3 Å². The van der Waals surface area contributed by atoms with Gasteiger partial charge in [-0.2, -0.15) is 5.10 Å². The van der Waals surface area contributed by atoms with Crippen molar-refractivity contribution in [3.63, 3.8) is 0 Å². The minimum absolute atomic E-state index is 0.0475. The summed E-state index contributed by atoms with van der Waals surface area (Å²) in [5, 5.41) is 5.10. The molecule has 2 aromatic rings. The molecule has 2 heterocycles. The van der Waals surface area contributed by atoms with E-state index in [0.717, 1.165) is 23.9 Å². The third-order valence-electron chi connectivity index (χ3n) is 3.74. The van der Waals surface area contributed by atoms with Crippen LogP contribution in [0.4, 0.5) is 0 Å². The summed E-state index contributed by atoms with van der Waals surface area (Å²) < 4.78 is 1.82. The van der Waals surface area contributed by atoms with E-state index in [-0.39, 0.29) is 23.8 Å². The molecular formula is C15H19N5O2. The standard InChI is InChI=1S/C15H19N5O2/c1-8(2)20-13-11(7-16-20)6-12(9(3)17-13)15(22)19-18-14(21)10-4-5-10/h6-8,10H,4-5H2,1-3H3,(H,18,21)(H,19,22). The molecule has 3 rings (SSSR count). The molecule has 22 heavy (non-hydrogen) atoms. The SMILES string of the molecule is Cc1nc2c(cnn2C(C)C)cc1C(=O)NNC(=O)C1CC1. The molecule has 1 aliphatic rings. The van der Waals surface area contributed by atoms with Crippen LogP contribution < -0.4 is 10.9 Å². The van der Waals surface area contributed by atoms with Gasteiger partial charge in [-0.05, 0) is 39.7 Å². The Morgan fingerprint density at radius 3 is 2.68 bits per heavy atom. The second kappa shape index (κ2) is 5.40. The Labute approximate surface area is 128 Å². The minimum Gasteiger partial charge on any atom is -0.273 e. The Hall–Kier alpha value is -2.44. The second-order valence-electron chi connectivity index (χ2n) is 5.93. The maximum Gasteiger partial charge on any atom is 0.271 e. The van der Waals surface area contributed by atoms with Crippen LogP contribution in [0.5, 0.6) is 0 Å². The van der Waals surface area contributed by atoms with Gasteiger partial charge in [-0.25, -0.2) is 9.67 Å². The number of hydrazine groups is 1. The lowest BCUT2D eigenvalue weighted by atomic mass is 10.1. The van der Waals surface area contributed by atoms with E-state index in [1.807, 2.05) is 18.5 Å². The maximum absolute atomic E-state index is 12.2. The van der Waals surface area contributed by atoms with E-state index in [0.29, 0.717) is 11.3 Å². The predicted octanol–water partition coefficient (Wildman–Crippen LogP) is 1.49. The molecule has 1 aliphatic carbocycles. The molecule has 1 fully saturated rings. The summed E-state index contributed by atoms with van der Waals surface area (Å²) in [7, 11) is 0. The number of aromatic nitrogens is 3. The molecule has 0 aromatic carbocycles. The normalized spacial score (nSPS) is 14.4. The lowest BCUT2D eigenvalue weighted by molar-refractivity contribution is -0.123. The molecule has 7 heteroatoms. The minimum atomic E-state index is -0.363. The van der Waals surface area contributed by atoms with Gasteiger partial charge in [-0.15, -0.1) is 0 Å². The van der Waals surface area contributed by atoms with Crippen molar-refractivity contribution >= 4 is 22.8 Å². The van der Waals surface area contributed by atoms with Gasteiger partial charge in [-0.1, -0.05) is 0 Å². The van der Waals surface area contributed by atoms with Gasteiger partial charge in [0.05, 0.1) is 17.5 Å². The van der Waals surface area contributed by atoms with E-state index in [2.05, 4.69) is 20.9 Å². The molecule has 0 aliphatic heterocycles. The van der Waals surface area contributed by atoms with Crippen LogP contribution in [0.1, 0.15) is 48.8 Å². The highest BCUT2D eigenvalue weighted by atomic mass is 16.2. The molecule has 2 amide bonds. The van der Waals surface area contributed by atoms with Crippen molar-refractivity contribution < 1.29 is 9.59 Å². The van der Waals surface area contributed by atoms with Gasteiger partial charge in [0.1, 0.15) is 0 Å². The number of hydrogen-bond donors (Lipinski definition) is 2. The Balaban J connectivity index is 1.82. The average Bonchev–Trinajstić information content (AvgIpc) is 3.24. The van der Waals surface area contributed by atoms with Crippen molar-refractivity contribution in [3.8, 4) is 0 Å². The molecule has 7 nitrogen and oxygen atoms in total. The van der Waals surface area contributed by atoms with Gasteiger partial charge in [0.25, 0.3) is 5.91 Å². The highest BCUT2D eigenvalue weighted by Crippen LogP contribution is 2.28. The van der Waals surface area contributed by atoms with Crippen molar-refractivity contribution in [1.82, 2.24) is 25.6 Å². The number of carbonyl (C=O) groups is 2. The highest BCUT2D eigenvalue weighted by molar-refractivity contribution is 5.99. The van der Waals surface area contributed by atoms with Crippen molar-refractivity contribution in [2.75, 3.05) is 0 Å². The zero-order valence-electron chi connectivity index (χ0n) is 12.9. The third kappa shape index (κ3) is 2.66. The fraction of sp³-hybridized carbons (Fsp3) is 0.467. The van der Waals surface area contributed by atoms with Gasteiger partial charge in [0.2, 0.25) is 5.91 Å². The van der Waals surface area contributed by atoms with Gasteiger partial charge in [0, 0.05) is 17.3 Å². The Kier molecular flexibility index (Phi) is 3.56. The summed E-state index contributed by atoms with van der Waals surface area (Å²) in [6.07, 6.45) is 3.48. The van der Waals surface area contributed by atoms with Crippen molar-refractivity contribution in [3.05, 3.63) is 23.5 Å². The summed E-state index contributed by atoms with van der Waals surface area (Å²) in [4.78, 5) is 28.2. The van der Waals surface area contributed by atoms with E-state index in [4.69, 9.17) is 0 Å². The van der Waals surface area contributed by atoms with E-state index in [1.54, 1.807) is 19.2 Å². The third-order valence-corrected chi connectivity index (χ3v) is 3.74. The Morgan fingerprint density at radius 2 is 2.05 bits per heavy atom. The first-order chi connectivity index (χ1) is 10.5. The van der Waals surface area contributed by atoms with Crippen molar-refractivity contribution in [2.24, 2.45) is 5.92 Å². The Bertz CT molecular complexity index is 746. The number of nitrogens with zero attached hydrogens (tertiary/aromatic N) is 3. The van der Waals surface area contributed by atoms with Crippen LogP contribution in [0, 0.1) is 12.8 Å². The van der Waals surface area contributed by atoms with E-state index < -0.39 is 0 Å². The second-order valence-corrected chi connectivity index (χ2v) is 5.93. The topological polar surface area (TPSA) is 88.9 Å². The highest BCUT2D eigenvalue weighted by Gasteiger charge is 2.30. The molecule has 0 saturated heterocycles. The van der Waals surface area contributed by atoms with Gasteiger partial charge in [-0.3, -0.25) is 20.4 Å². The monoisotopic (exact) mass is 301 g/mol. The molecule has 0 unspecified atom stereocenters. The molecular weight excluding hydrogens is 282 g/mol. The fourth-order valence-corrected chi connectivity index (χ4v) is 2.31. The van der Waals surface area contributed by atoms with E-state index >= 15 is 0 Å². The van der Waals surface area contributed by atoms with Crippen LogP contribution in [-0.4, -0.2) is 26.6 Å². The molecule has 2 N–H and O–H groups in total. The summed E-state index contributed by atoms with van der Waals surface area (Å²) in [5.41, 5.74) is 6.70. The summed E-state index contributed by atoms with van der Waals surface area (Å²) in [6, 6.07) is 1.95. The first kappa shape index (κ1) is 14.5. The van der Waals surface area contributed by atoms with Crippen molar-refractivity contribution in [2.45, 2.75) is 39.7 Å². The number of nitrogens with one attached hydrogen (secondary N) is 2. The van der Waals surface area contributed by atoms with E-state index in [1.165, 1.54) is 0 Å². The first-order valence-electron chi connectivity index (χ1n) is 7.42. The number of amides is 2. The van der Waals surface area contributed by atoms with Crippen LogP contribution >= 0.6 is 0 Å². The lowest BCUT2D eigenvalue weighted by Gasteiger charge is -2.10. The van der Waals surface area contributed by atoms with Gasteiger partial charge < -0.3 is 0 Å². The molecule has 1 saturated carbocycles. The molecule has 0 radical (unpaired) electrons. The molecule has 0 spiro atoms. The number of carbonyl (C=O) groups excluding carboxylic acids is 2. The number of aryl methyl sites for hydroxylation is 1. The number of pyridine rings is 1. The zero-order chi connectivity index (χ0) is 15.9. The van der Waals surface area contributed by atoms with Crippen molar-refractivity contribution in [1.29, 1.82) is 0 Å². The fourth-order valence-electron chi connectivity index (χ4n) is 2.31. The van der Waals surface area contributed by atoms with Crippen LogP contribution in [0.25, 0.3) is 11.0 Å². The van der Waals surface area contributed by atoms with Crippen LogP contribution in [0.3, 0.4) is 0 Å². The smallest absolute Gasteiger partial charge is 0.271 e. The van der Waals surface area contributed by atoms with E-state index in [9.17, 15) is 9.59 Å². The van der Waals surface area contributed by atoms with Crippen LogP contribution in [0.2, 0.25) is 0 Å². The molecule has 116 valence electrons. The number of rotatable bonds is 3. The quantitative estimate of drug-likeness (QED) is 0.841. The first-order valence-corrected chi connectivity index (χ1v) is 7.42. The maximum atomic E-state index is 12.2. The zero-order valence-corrected chi connectivity index (χ0v) is 12.9. The largest absolute Gasteiger partial charge is 0.273 e. The number of hydrogen-bond acceptors (Lipinski definition) is 4. The average molecular weight is 301 g/mol. The molecule has 0 atom stereocenters. The van der Waals surface area contributed by atoms with Gasteiger partial charge in [0.15, 0.2) is 5.65 Å². The molecule has 2 aromatic heterocycles. The summed E-state index contributed by atoms with van der Waals surface area (Å²) in [5.74, 6) is -0.447. The van der Waals surface area contributed by atoms with Gasteiger partial charge >= 0.3 is 0 Å². The Morgan fingerprint density at radius 1 is 1.32 bits per heavy atom. The lowest BCUT2D eigenvalue weighted by Crippen LogP contribution is -2.42. The summed E-state index contributed by atoms with van der Waals surface area (Å²) >= 11 is 0. The predicted molar refractivity (Wildman–Crippen MR) is 81.0 cm³/mol. The summed E-state index contributed by atoms with van der Waals surface area (Å²) in [6.45, 7) is 5.82. The molecule has 0 bridgehead atoms. The van der Waals surface area contributed by atoms with Crippen LogP contribution in [-0.2, 0) is 4.79 Å².